The van der Waals surface area contributed by atoms with Crippen LogP contribution in [-0.2, 0) is 11.3 Å². The van der Waals surface area contributed by atoms with Gasteiger partial charge in [-0.1, -0.05) is 24.6 Å². The number of likely N-dealkylation sites (N-methyl/N-ethyl adjacent to an activating group) is 1. The third kappa shape index (κ3) is 5.10. The molecule has 1 aliphatic carbocycles. The SMILES string of the molecule is CCN(CC(=O)O)C1CC(NC(=O)NCc2coc(-c3ccc(C)cc3)n2)C1. The number of rotatable bonds is 8. The van der Waals surface area contributed by atoms with Crippen LogP contribution in [0.4, 0.5) is 4.79 Å². The number of hydrogen-bond donors (Lipinski definition) is 3. The zero-order valence-electron chi connectivity index (χ0n) is 16.1. The van der Waals surface area contributed by atoms with Crippen LogP contribution >= 0.6 is 0 Å². The number of nitrogens with one attached hydrogen (secondary N) is 2. The third-order valence-corrected chi connectivity index (χ3v) is 4.99. The number of oxazole rings is 1. The molecule has 0 aliphatic heterocycles. The van der Waals surface area contributed by atoms with Crippen molar-refractivity contribution in [3.63, 3.8) is 0 Å². The summed E-state index contributed by atoms with van der Waals surface area (Å²) in [6, 6.07) is 7.89. The molecular weight excluding hydrogens is 360 g/mol. The molecule has 28 heavy (non-hydrogen) atoms. The van der Waals surface area contributed by atoms with Gasteiger partial charge >= 0.3 is 12.0 Å². The number of benzene rings is 1. The quantitative estimate of drug-likeness (QED) is 0.643. The molecule has 8 heteroatoms. The molecule has 2 aromatic rings. The van der Waals surface area contributed by atoms with E-state index in [1.54, 1.807) is 6.26 Å². The second-order valence-electron chi connectivity index (χ2n) is 7.12. The predicted molar refractivity (Wildman–Crippen MR) is 104 cm³/mol. The van der Waals surface area contributed by atoms with E-state index in [0.29, 0.717) is 18.1 Å². The molecule has 150 valence electrons. The van der Waals surface area contributed by atoms with Gasteiger partial charge in [0.1, 0.15) is 6.26 Å². The van der Waals surface area contributed by atoms with Gasteiger partial charge in [-0.15, -0.1) is 0 Å². The first-order valence-electron chi connectivity index (χ1n) is 9.46. The van der Waals surface area contributed by atoms with Gasteiger partial charge < -0.3 is 20.2 Å². The molecule has 0 spiro atoms. The normalized spacial score (nSPS) is 18.5. The van der Waals surface area contributed by atoms with Crippen LogP contribution in [0.2, 0.25) is 0 Å². The molecule has 1 aromatic heterocycles. The van der Waals surface area contributed by atoms with E-state index < -0.39 is 5.97 Å². The number of carboxylic acid groups (broad SMARTS) is 1. The molecule has 0 atom stereocenters. The van der Waals surface area contributed by atoms with Crippen LogP contribution in [-0.4, -0.2) is 52.2 Å². The van der Waals surface area contributed by atoms with Crippen molar-refractivity contribution in [3.8, 4) is 11.5 Å². The van der Waals surface area contributed by atoms with Gasteiger partial charge in [-0.3, -0.25) is 9.69 Å². The maximum Gasteiger partial charge on any atom is 0.317 e. The Bertz CT molecular complexity index is 812. The summed E-state index contributed by atoms with van der Waals surface area (Å²) in [6.45, 7) is 4.96. The van der Waals surface area contributed by atoms with Crippen molar-refractivity contribution < 1.29 is 19.1 Å². The fourth-order valence-electron chi connectivity index (χ4n) is 3.30. The Kier molecular flexibility index (Phi) is 6.30. The van der Waals surface area contributed by atoms with E-state index in [1.807, 2.05) is 43.0 Å². The van der Waals surface area contributed by atoms with Gasteiger partial charge in [0.15, 0.2) is 0 Å². The van der Waals surface area contributed by atoms with E-state index >= 15 is 0 Å². The highest BCUT2D eigenvalue weighted by Gasteiger charge is 2.34. The van der Waals surface area contributed by atoms with Crippen LogP contribution < -0.4 is 10.6 Å². The minimum absolute atomic E-state index is 0.0373. The largest absolute Gasteiger partial charge is 0.480 e. The van der Waals surface area contributed by atoms with Crippen LogP contribution in [0.3, 0.4) is 0 Å². The van der Waals surface area contributed by atoms with Crippen LogP contribution in [0, 0.1) is 6.92 Å². The van der Waals surface area contributed by atoms with Crippen molar-refractivity contribution in [1.29, 1.82) is 0 Å². The maximum atomic E-state index is 12.1. The van der Waals surface area contributed by atoms with Gasteiger partial charge in [0.2, 0.25) is 5.89 Å². The molecule has 1 heterocycles. The first-order chi connectivity index (χ1) is 13.4. The second-order valence-corrected chi connectivity index (χ2v) is 7.12. The van der Waals surface area contributed by atoms with E-state index in [2.05, 4.69) is 15.6 Å². The zero-order valence-corrected chi connectivity index (χ0v) is 16.1. The summed E-state index contributed by atoms with van der Waals surface area (Å²) in [5, 5.41) is 14.6. The topological polar surface area (TPSA) is 108 Å². The molecule has 1 fully saturated rings. The molecule has 0 unspecified atom stereocenters. The van der Waals surface area contributed by atoms with Crippen LogP contribution in [0.5, 0.6) is 0 Å². The number of carbonyl (C=O) groups is 2. The minimum atomic E-state index is -0.825. The molecule has 3 N–H and O–H groups in total. The molecule has 8 nitrogen and oxygen atoms in total. The summed E-state index contributed by atoms with van der Waals surface area (Å²) in [5.41, 5.74) is 2.71. The van der Waals surface area contributed by atoms with Gasteiger partial charge in [0, 0.05) is 17.6 Å². The van der Waals surface area contributed by atoms with E-state index in [0.717, 1.165) is 24.0 Å². The van der Waals surface area contributed by atoms with Crippen molar-refractivity contribution in [3.05, 3.63) is 41.8 Å². The number of aryl methyl sites for hydroxylation is 1. The number of urea groups is 1. The lowest BCUT2D eigenvalue weighted by molar-refractivity contribution is -0.139. The van der Waals surface area contributed by atoms with Gasteiger partial charge in [0.05, 0.1) is 18.8 Å². The number of amides is 2. The smallest absolute Gasteiger partial charge is 0.317 e. The van der Waals surface area contributed by atoms with Crippen LogP contribution in [0.1, 0.15) is 31.0 Å². The van der Waals surface area contributed by atoms with Crippen molar-refractivity contribution >= 4 is 12.0 Å². The first kappa shape index (κ1) is 19.9. The minimum Gasteiger partial charge on any atom is -0.480 e. The highest BCUT2D eigenvalue weighted by atomic mass is 16.4. The third-order valence-electron chi connectivity index (χ3n) is 4.99. The second kappa shape index (κ2) is 8.88. The highest BCUT2D eigenvalue weighted by molar-refractivity contribution is 5.74. The standard InChI is InChI=1S/C20H26N4O4/c1-3-24(11-18(25)26)17-8-15(9-17)23-20(27)21-10-16-12-28-19(22-16)14-6-4-13(2)5-7-14/h4-7,12,15,17H,3,8-11H2,1-2H3,(H,25,26)(H2,21,23,27). The van der Waals surface area contributed by atoms with Crippen molar-refractivity contribution in [2.75, 3.05) is 13.1 Å². The number of carboxylic acids is 1. The number of aromatic nitrogens is 1. The summed E-state index contributed by atoms with van der Waals surface area (Å²) in [4.78, 5) is 29.2. The molecule has 1 aromatic carbocycles. The predicted octanol–water partition coefficient (Wildman–Crippen LogP) is 2.39. The maximum absolute atomic E-state index is 12.1. The van der Waals surface area contributed by atoms with Crippen molar-refractivity contribution in [2.24, 2.45) is 0 Å². The number of aliphatic carboxylic acids is 1. The van der Waals surface area contributed by atoms with Gasteiger partial charge in [0.25, 0.3) is 0 Å². The monoisotopic (exact) mass is 386 g/mol. The van der Waals surface area contributed by atoms with E-state index in [9.17, 15) is 9.59 Å². The summed E-state index contributed by atoms with van der Waals surface area (Å²) in [7, 11) is 0. The van der Waals surface area contributed by atoms with Crippen LogP contribution in [0.15, 0.2) is 34.9 Å². The van der Waals surface area contributed by atoms with Gasteiger partial charge in [-0.05, 0) is 38.4 Å². The van der Waals surface area contributed by atoms with Crippen molar-refractivity contribution in [2.45, 2.75) is 45.3 Å². The highest BCUT2D eigenvalue weighted by Crippen LogP contribution is 2.25. The summed E-state index contributed by atoms with van der Waals surface area (Å²) < 4.78 is 5.48. The lowest BCUT2D eigenvalue weighted by Crippen LogP contribution is -2.56. The van der Waals surface area contributed by atoms with Crippen LogP contribution in [0.25, 0.3) is 11.5 Å². The first-order valence-corrected chi connectivity index (χ1v) is 9.46. The number of nitrogens with zero attached hydrogens (tertiary/aromatic N) is 2. The molecular formula is C20H26N4O4. The molecule has 2 amide bonds. The fourth-order valence-corrected chi connectivity index (χ4v) is 3.30. The fraction of sp³-hybridized carbons (Fsp3) is 0.450. The molecule has 0 saturated heterocycles. The molecule has 3 rings (SSSR count). The Morgan fingerprint density at radius 3 is 2.64 bits per heavy atom. The Hall–Kier alpha value is -2.87. The van der Waals surface area contributed by atoms with E-state index in [-0.39, 0.29) is 31.2 Å². The van der Waals surface area contributed by atoms with E-state index in [4.69, 9.17) is 9.52 Å². The average molecular weight is 386 g/mol. The Labute approximate surface area is 163 Å². The lowest BCUT2D eigenvalue weighted by atomic mass is 9.85. The summed E-state index contributed by atoms with van der Waals surface area (Å²) in [6.07, 6.45) is 3.06. The summed E-state index contributed by atoms with van der Waals surface area (Å²) in [5.74, 6) is -0.300. The lowest BCUT2D eigenvalue weighted by Gasteiger charge is -2.42. The molecule has 0 radical (unpaired) electrons. The summed E-state index contributed by atoms with van der Waals surface area (Å²) >= 11 is 0. The molecule has 0 bridgehead atoms. The van der Waals surface area contributed by atoms with Gasteiger partial charge in [-0.25, -0.2) is 9.78 Å². The number of hydrogen-bond acceptors (Lipinski definition) is 5. The number of carbonyl (C=O) groups excluding carboxylic acids is 1. The zero-order chi connectivity index (χ0) is 20.1. The van der Waals surface area contributed by atoms with E-state index in [1.165, 1.54) is 0 Å². The van der Waals surface area contributed by atoms with Gasteiger partial charge in [-0.2, -0.15) is 0 Å². The average Bonchev–Trinajstić information content (AvgIpc) is 3.10. The molecule has 1 saturated carbocycles. The Morgan fingerprint density at radius 2 is 2.00 bits per heavy atom. The van der Waals surface area contributed by atoms with Crippen molar-refractivity contribution in [1.82, 2.24) is 20.5 Å². The Balaban J connectivity index is 1.41. The molecule has 1 aliphatic rings. The Morgan fingerprint density at radius 1 is 1.29 bits per heavy atom.